The second kappa shape index (κ2) is 3.61. The van der Waals surface area contributed by atoms with Crippen molar-refractivity contribution in [1.82, 2.24) is 14.5 Å². The van der Waals surface area contributed by atoms with Crippen LogP contribution >= 0.6 is 0 Å². The van der Waals surface area contributed by atoms with E-state index in [9.17, 15) is 4.79 Å². The van der Waals surface area contributed by atoms with E-state index in [1.165, 1.54) is 0 Å². The van der Waals surface area contributed by atoms with Crippen LogP contribution in [0.2, 0.25) is 0 Å². The maximum Gasteiger partial charge on any atom is 0.328 e. The minimum Gasteiger partial charge on any atom is -0.318 e. The smallest absolute Gasteiger partial charge is 0.318 e. The zero-order valence-corrected chi connectivity index (χ0v) is 8.73. The molecule has 1 heterocycles. The van der Waals surface area contributed by atoms with Crippen molar-refractivity contribution in [3.8, 4) is 0 Å². The molecule has 4 nitrogen and oxygen atoms in total. The Balaban J connectivity index is 2.21. The molecular weight excluding hydrogens is 178 g/mol. The number of hydrogen-bond acceptors (Lipinski definition) is 2. The lowest BCUT2D eigenvalue weighted by Gasteiger charge is -2.10. The van der Waals surface area contributed by atoms with Crippen molar-refractivity contribution in [3.05, 3.63) is 22.9 Å². The van der Waals surface area contributed by atoms with E-state index in [4.69, 9.17) is 0 Å². The third kappa shape index (κ3) is 1.62. The summed E-state index contributed by atoms with van der Waals surface area (Å²) in [5, 5.41) is 3.08. The number of imidazole rings is 1. The van der Waals surface area contributed by atoms with E-state index in [2.05, 4.69) is 12.2 Å². The summed E-state index contributed by atoms with van der Waals surface area (Å²) in [4.78, 5) is 11.9. The standard InChI is InChI=1S/C10H17N3O/c1-8(7-11-2)12-5-6-13(10(12)14)9-3-4-9/h5-6,8-9,11H,3-4,7H2,1-2H3. The highest BCUT2D eigenvalue weighted by atomic mass is 16.1. The Bertz CT molecular complexity index is 362. The van der Waals surface area contributed by atoms with E-state index in [1.807, 2.05) is 24.0 Å². The molecule has 1 aliphatic carbocycles. The van der Waals surface area contributed by atoms with Crippen LogP contribution in [-0.2, 0) is 0 Å². The van der Waals surface area contributed by atoms with Crippen LogP contribution in [0.1, 0.15) is 31.8 Å². The van der Waals surface area contributed by atoms with Gasteiger partial charge in [-0.15, -0.1) is 0 Å². The van der Waals surface area contributed by atoms with Gasteiger partial charge in [0.2, 0.25) is 0 Å². The fourth-order valence-corrected chi connectivity index (χ4v) is 1.76. The quantitative estimate of drug-likeness (QED) is 0.770. The number of nitrogens with zero attached hydrogens (tertiary/aromatic N) is 2. The van der Waals surface area contributed by atoms with Gasteiger partial charge in [0.1, 0.15) is 0 Å². The molecule has 1 saturated carbocycles. The predicted octanol–water partition coefficient (Wildman–Crippen LogP) is 0.765. The summed E-state index contributed by atoms with van der Waals surface area (Å²) < 4.78 is 3.65. The molecule has 1 atom stereocenters. The van der Waals surface area contributed by atoms with Gasteiger partial charge < -0.3 is 5.32 Å². The summed E-state index contributed by atoms with van der Waals surface area (Å²) in [7, 11) is 1.90. The molecule has 1 aromatic heterocycles. The lowest BCUT2D eigenvalue weighted by atomic mass is 10.3. The van der Waals surface area contributed by atoms with Crippen LogP contribution in [0, 0.1) is 0 Å². The first-order valence-corrected chi connectivity index (χ1v) is 5.17. The van der Waals surface area contributed by atoms with Crippen molar-refractivity contribution in [2.75, 3.05) is 13.6 Å². The normalized spacial score (nSPS) is 18.4. The van der Waals surface area contributed by atoms with Gasteiger partial charge in [-0.2, -0.15) is 0 Å². The maximum absolute atomic E-state index is 11.9. The summed E-state index contributed by atoms with van der Waals surface area (Å²) >= 11 is 0. The van der Waals surface area contributed by atoms with Gasteiger partial charge in [-0.3, -0.25) is 9.13 Å². The number of aromatic nitrogens is 2. The minimum atomic E-state index is 0.134. The fourth-order valence-electron chi connectivity index (χ4n) is 1.76. The van der Waals surface area contributed by atoms with E-state index >= 15 is 0 Å². The average molecular weight is 195 g/mol. The molecule has 78 valence electrons. The first-order chi connectivity index (χ1) is 6.74. The highest BCUT2D eigenvalue weighted by Crippen LogP contribution is 2.33. The molecule has 0 spiro atoms. The maximum atomic E-state index is 11.9. The number of rotatable bonds is 4. The van der Waals surface area contributed by atoms with Crippen LogP contribution in [0.4, 0.5) is 0 Å². The van der Waals surface area contributed by atoms with E-state index in [0.717, 1.165) is 19.4 Å². The van der Waals surface area contributed by atoms with Gasteiger partial charge in [0.15, 0.2) is 0 Å². The third-order valence-corrected chi connectivity index (χ3v) is 2.74. The average Bonchev–Trinajstić information content (AvgIpc) is 2.91. The second-order valence-electron chi connectivity index (χ2n) is 4.03. The third-order valence-electron chi connectivity index (χ3n) is 2.74. The zero-order chi connectivity index (χ0) is 10.1. The molecule has 1 aliphatic rings. The molecule has 1 unspecified atom stereocenters. The van der Waals surface area contributed by atoms with Gasteiger partial charge in [-0.1, -0.05) is 0 Å². The van der Waals surface area contributed by atoms with E-state index in [-0.39, 0.29) is 11.7 Å². The first-order valence-electron chi connectivity index (χ1n) is 5.17. The predicted molar refractivity (Wildman–Crippen MR) is 55.6 cm³/mol. The Morgan fingerprint density at radius 2 is 2.29 bits per heavy atom. The largest absolute Gasteiger partial charge is 0.328 e. The molecule has 0 saturated heterocycles. The van der Waals surface area contributed by atoms with Gasteiger partial charge in [-0.25, -0.2) is 4.79 Å². The Morgan fingerprint density at radius 1 is 1.57 bits per heavy atom. The van der Waals surface area contributed by atoms with Crippen molar-refractivity contribution in [3.63, 3.8) is 0 Å². The lowest BCUT2D eigenvalue weighted by Crippen LogP contribution is -2.30. The number of hydrogen-bond donors (Lipinski definition) is 1. The van der Waals surface area contributed by atoms with Crippen LogP contribution < -0.4 is 11.0 Å². The molecular formula is C10H17N3O. The van der Waals surface area contributed by atoms with Crippen molar-refractivity contribution < 1.29 is 0 Å². The van der Waals surface area contributed by atoms with Crippen molar-refractivity contribution in [2.24, 2.45) is 0 Å². The van der Waals surface area contributed by atoms with Gasteiger partial charge in [0, 0.05) is 31.0 Å². The van der Waals surface area contributed by atoms with E-state index < -0.39 is 0 Å². The molecule has 2 rings (SSSR count). The number of likely N-dealkylation sites (N-methyl/N-ethyl adjacent to an activating group) is 1. The highest BCUT2D eigenvalue weighted by Gasteiger charge is 2.26. The molecule has 0 bridgehead atoms. The molecule has 4 heteroatoms. The van der Waals surface area contributed by atoms with Gasteiger partial charge in [-0.05, 0) is 26.8 Å². The Kier molecular flexibility index (Phi) is 2.46. The van der Waals surface area contributed by atoms with Gasteiger partial charge in [0.05, 0.1) is 0 Å². The molecule has 0 aliphatic heterocycles. The van der Waals surface area contributed by atoms with Crippen molar-refractivity contribution in [1.29, 1.82) is 0 Å². The molecule has 0 aromatic carbocycles. The molecule has 0 radical (unpaired) electrons. The van der Waals surface area contributed by atoms with Crippen LogP contribution in [0.25, 0.3) is 0 Å². The van der Waals surface area contributed by atoms with E-state index in [1.54, 1.807) is 4.57 Å². The van der Waals surface area contributed by atoms with Gasteiger partial charge >= 0.3 is 5.69 Å². The monoisotopic (exact) mass is 195 g/mol. The summed E-state index contributed by atoms with van der Waals surface area (Å²) in [5.74, 6) is 0. The summed E-state index contributed by atoms with van der Waals surface area (Å²) in [5.41, 5.74) is 0.134. The molecule has 14 heavy (non-hydrogen) atoms. The second-order valence-corrected chi connectivity index (χ2v) is 4.03. The fraction of sp³-hybridized carbons (Fsp3) is 0.700. The van der Waals surface area contributed by atoms with Crippen LogP contribution in [0.15, 0.2) is 17.2 Å². The summed E-state index contributed by atoms with van der Waals surface area (Å²) in [6.07, 6.45) is 6.11. The molecule has 1 fully saturated rings. The Hall–Kier alpha value is -1.03. The van der Waals surface area contributed by atoms with Crippen LogP contribution in [0.5, 0.6) is 0 Å². The highest BCUT2D eigenvalue weighted by molar-refractivity contribution is 4.92. The molecule has 1 N–H and O–H groups in total. The lowest BCUT2D eigenvalue weighted by molar-refractivity contribution is 0.492. The minimum absolute atomic E-state index is 0.134. The first kappa shape index (κ1) is 9.52. The molecule has 0 amide bonds. The van der Waals surface area contributed by atoms with Crippen LogP contribution in [0.3, 0.4) is 0 Å². The Morgan fingerprint density at radius 3 is 2.86 bits per heavy atom. The Labute approximate surface area is 83.5 Å². The van der Waals surface area contributed by atoms with E-state index in [0.29, 0.717) is 6.04 Å². The van der Waals surface area contributed by atoms with Crippen LogP contribution in [-0.4, -0.2) is 22.7 Å². The topological polar surface area (TPSA) is 39.0 Å². The van der Waals surface area contributed by atoms with Crippen molar-refractivity contribution >= 4 is 0 Å². The SMILES string of the molecule is CNCC(C)n1ccn(C2CC2)c1=O. The summed E-state index contributed by atoms with van der Waals surface area (Å²) in [6.45, 7) is 2.88. The van der Waals surface area contributed by atoms with Crippen molar-refractivity contribution in [2.45, 2.75) is 31.8 Å². The zero-order valence-electron chi connectivity index (χ0n) is 8.73. The number of nitrogens with one attached hydrogen (secondary N) is 1. The summed E-state index contributed by atoms with van der Waals surface area (Å²) in [6, 6.07) is 0.707. The van der Waals surface area contributed by atoms with Gasteiger partial charge in [0.25, 0.3) is 0 Å². The molecule has 1 aromatic rings.